The van der Waals surface area contributed by atoms with Crippen LogP contribution in [0.2, 0.25) is 0 Å². The molecular weight excluding hydrogens is 207 g/mol. The van der Waals surface area contributed by atoms with E-state index in [2.05, 4.69) is 17.2 Å². The smallest absolute Gasteiger partial charge is 0.141 e. The zero-order valence-corrected chi connectivity index (χ0v) is 9.61. The Kier molecular flexibility index (Phi) is 3.51. The van der Waals surface area contributed by atoms with E-state index in [0.717, 1.165) is 18.7 Å². The van der Waals surface area contributed by atoms with Crippen LogP contribution in [0.5, 0.6) is 0 Å². The Balaban J connectivity index is 1.97. The van der Waals surface area contributed by atoms with Crippen LogP contribution in [0.3, 0.4) is 0 Å². The first kappa shape index (κ1) is 11.5. The number of hydrogen-bond donors (Lipinski definition) is 1. The summed E-state index contributed by atoms with van der Waals surface area (Å²) in [7, 11) is 0. The largest absolute Gasteiger partial charge is 0.377 e. The first-order chi connectivity index (χ1) is 7.66. The number of ether oxygens (including phenoxy) is 1. The number of nitrogens with one attached hydrogen (secondary N) is 1. The van der Waals surface area contributed by atoms with Gasteiger partial charge in [0, 0.05) is 18.7 Å². The maximum absolute atomic E-state index is 12.7. The molecule has 0 spiro atoms. The van der Waals surface area contributed by atoms with Crippen LogP contribution in [-0.2, 0) is 4.74 Å². The van der Waals surface area contributed by atoms with Crippen molar-refractivity contribution in [3.05, 3.63) is 29.8 Å². The Morgan fingerprint density at radius 1 is 1.56 bits per heavy atom. The molecule has 0 radical (unpaired) electrons. The lowest BCUT2D eigenvalue weighted by Gasteiger charge is -2.21. The highest BCUT2D eigenvalue weighted by molar-refractivity contribution is 5.09. The van der Waals surface area contributed by atoms with Crippen LogP contribution in [0.4, 0.5) is 4.39 Å². The minimum Gasteiger partial charge on any atom is -0.377 e. The van der Waals surface area contributed by atoms with E-state index < -0.39 is 0 Å². The Morgan fingerprint density at radius 2 is 2.38 bits per heavy atom. The second-order valence-corrected chi connectivity index (χ2v) is 4.26. The predicted octanol–water partition coefficient (Wildman–Crippen LogP) is 2.05. The molecule has 3 unspecified atom stereocenters. The summed E-state index contributed by atoms with van der Waals surface area (Å²) in [6.07, 6.45) is 2.51. The molecule has 0 aliphatic carbocycles. The SMILES string of the molecule is CC(NC1CCOC1C)c1ccc(F)cn1. The van der Waals surface area contributed by atoms with Gasteiger partial charge in [0.15, 0.2) is 0 Å². The summed E-state index contributed by atoms with van der Waals surface area (Å²) < 4.78 is 18.2. The lowest BCUT2D eigenvalue weighted by atomic mass is 10.1. The normalized spacial score (nSPS) is 26.9. The summed E-state index contributed by atoms with van der Waals surface area (Å²) in [6.45, 7) is 4.91. The first-order valence-corrected chi connectivity index (χ1v) is 5.66. The Hall–Kier alpha value is -1.00. The molecule has 1 saturated heterocycles. The van der Waals surface area contributed by atoms with Crippen LogP contribution in [0, 0.1) is 5.82 Å². The van der Waals surface area contributed by atoms with Gasteiger partial charge in [-0.2, -0.15) is 0 Å². The van der Waals surface area contributed by atoms with Crippen LogP contribution >= 0.6 is 0 Å². The molecule has 16 heavy (non-hydrogen) atoms. The van der Waals surface area contributed by atoms with Gasteiger partial charge >= 0.3 is 0 Å². The molecule has 1 aromatic rings. The summed E-state index contributed by atoms with van der Waals surface area (Å²) in [5.74, 6) is -0.298. The second-order valence-electron chi connectivity index (χ2n) is 4.26. The third-order valence-corrected chi connectivity index (χ3v) is 3.03. The monoisotopic (exact) mass is 224 g/mol. The molecule has 0 bridgehead atoms. The fourth-order valence-corrected chi connectivity index (χ4v) is 2.00. The quantitative estimate of drug-likeness (QED) is 0.853. The maximum Gasteiger partial charge on any atom is 0.141 e. The van der Waals surface area contributed by atoms with E-state index in [4.69, 9.17) is 4.74 Å². The summed E-state index contributed by atoms with van der Waals surface area (Å²) in [6, 6.07) is 3.64. The van der Waals surface area contributed by atoms with Gasteiger partial charge in [0.1, 0.15) is 5.82 Å². The molecule has 3 nitrogen and oxygen atoms in total. The minimum absolute atomic E-state index is 0.120. The molecule has 1 aliphatic heterocycles. The van der Waals surface area contributed by atoms with Crippen molar-refractivity contribution in [2.24, 2.45) is 0 Å². The summed E-state index contributed by atoms with van der Waals surface area (Å²) in [5, 5.41) is 3.45. The standard InChI is InChI=1S/C12H17FN2O/c1-8(11-4-3-10(13)7-14-11)15-12-5-6-16-9(12)2/h3-4,7-9,12,15H,5-6H2,1-2H3. The van der Waals surface area contributed by atoms with Crippen molar-refractivity contribution in [3.8, 4) is 0 Å². The predicted molar refractivity (Wildman–Crippen MR) is 59.6 cm³/mol. The molecule has 0 amide bonds. The van der Waals surface area contributed by atoms with Crippen molar-refractivity contribution in [1.29, 1.82) is 0 Å². The minimum atomic E-state index is -0.298. The van der Waals surface area contributed by atoms with Gasteiger partial charge in [-0.25, -0.2) is 4.39 Å². The summed E-state index contributed by atoms with van der Waals surface area (Å²) in [5.41, 5.74) is 0.862. The molecule has 88 valence electrons. The first-order valence-electron chi connectivity index (χ1n) is 5.66. The van der Waals surface area contributed by atoms with Gasteiger partial charge in [-0.15, -0.1) is 0 Å². The second kappa shape index (κ2) is 4.89. The van der Waals surface area contributed by atoms with Crippen LogP contribution in [0.15, 0.2) is 18.3 Å². The number of nitrogens with zero attached hydrogens (tertiary/aromatic N) is 1. The third-order valence-electron chi connectivity index (χ3n) is 3.03. The maximum atomic E-state index is 12.7. The van der Waals surface area contributed by atoms with Crippen LogP contribution in [0.25, 0.3) is 0 Å². The Bertz CT molecular complexity index is 341. The number of pyridine rings is 1. The Labute approximate surface area is 95.0 Å². The highest BCUT2D eigenvalue weighted by atomic mass is 19.1. The van der Waals surface area contributed by atoms with Gasteiger partial charge in [-0.3, -0.25) is 4.98 Å². The van der Waals surface area contributed by atoms with Crippen LogP contribution in [0.1, 0.15) is 32.0 Å². The molecule has 3 atom stereocenters. The van der Waals surface area contributed by atoms with Gasteiger partial charge in [-0.1, -0.05) is 0 Å². The molecule has 1 aliphatic rings. The lowest BCUT2D eigenvalue weighted by Crippen LogP contribution is -2.36. The molecule has 1 N–H and O–H groups in total. The van der Waals surface area contributed by atoms with E-state index in [1.807, 2.05) is 6.92 Å². The zero-order chi connectivity index (χ0) is 11.5. The summed E-state index contributed by atoms with van der Waals surface area (Å²) >= 11 is 0. The van der Waals surface area contributed by atoms with E-state index in [9.17, 15) is 4.39 Å². The van der Waals surface area contributed by atoms with Crippen molar-refractivity contribution in [1.82, 2.24) is 10.3 Å². The van der Waals surface area contributed by atoms with E-state index in [1.165, 1.54) is 12.3 Å². The molecule has 2 rings (SSSR count). The zero-order valence-electron chi connectivity index (χ0n) is 9.61. The van der Waals surface area contributed by atoms with Crippen LogP contribution in [-0.4, -0.2) is 23.7 Å². The van der Waals surface area contributed by atoms with Gasteiger partial charge in [-0.05, 0) is 32.4 Å². The van der Waals surface area contributed by atoms with Gasteiger partial charge < -0.3 is 10.1 Å². The van der Waals surface area contributed by atoms with Crippen molar-refractivity contribution in [2.45, 2.75) is 38.5 Å². The van der Waals surface area contributed by atoms with E-state index in [0.29, 0.717) is 6.04 Å². The number of hydrogen-bond acceptors (Lipinski definition) is 3. The fraction of sp³-hybridized carbons (Fsp3) is 0.583. The molecule has 2 heterocycles. The van der Waals surface area contributed by atoms with Gasteiger partial charge in [0.05, 0.1) is 18.0 Å². The van der Waals surface area contributed by atoms with E-state index in [-0.39, 0.29) is 18.0 Å². The average Bonchev–Trinajstić information content (AvgIpc) is 2.65. The van der Waals surface area contributed by atoms with Crippen molar-refractivity contribution in [2.75, 3.05) is 6.61 Å². The molecule has 4 heteroatoms. The van der Waals surface area contributed by atoms with Crippen molar-refractivity contribution in [3.63, 3.8) is 0 Å². The van der Waals surface area contributed by atoms with E-state index in [1.54, 1.807) is 6.07 Å². The molecule has 1 fully saturated rings. The topological polar surface area (TPSA) is 34.1 Å². The van der Waals surface area contributed by atoms with Gasteiger partial charge in [0.25, 0.3) is 0 Å². The van der Waals surface area contributed by atoms with Gasteiger partial charge in [0.2, 0.25) is 0 Å². The highest BCUT2D eigenvalue weighted by Gasteiger charge is 2.25. The lowest BCUT2D eigenvalue weighted by molar-refractivity contribution is 0.111. The fourth-order valence-electron chi connectivity index (χ4n) is 2.00. The van der Waals surface area contributed by atoms with Crippen molar-refractivity contribution < 1.29 is 9.13 Å². The number of rotatable bonds is 3. The molecular formula is C12H17FN2O. The molecule has 0 saturated carbocycles. The van der Waals surface area contributed by atoms with E-state index >= 15 is 0 Å². The third kappa shape index (κ3) is 2.57. The highest BCUT2D eigenvalue weighted by Crippen LogP contribution is 2.17. The molecule has 1 aromatic heterocycles. The van der Waals surface area contributed by atoms with Crippen LogP contribution < -0.4 is 5.32 Å². The summed E-state index contributed by atoms with van der Waals surface area (Å²) in [4.78, 5) is 4.07. The molecule has 0 aromatic carbocycles. The van der Waals surface area contributed by atoms with Crippen molar-refractivity contribution >= 4 is 0 Å². The number of aromatic nitrogens is 1. The number of halogens is 1. The average molecular weight is 224 g/mol. The Morgan fingerprint density at radius 3 is 2.94 bits per heavy atom.